The van der Waals surface area contributed by atoms with Crippen LogP contribution in [-0.4, -0.2) is 12.6 Å². The molecular formula is C9H21N. The second kappa shape index (κ2) is 5.72. The third kappa shape index (κ3) is 6.09. The minimum atomic E-state index is 0.701. The maximum Gasteiger partial charge on any atom is 0.00387 e. The molecule has 0 spiro atoms. The first-order chi connectivity index (χ1) is 4.66. The van der Waals surface area contributed by atoms with E-state index in [1.807, 2.05) is 0 Å². The van der Waals surface area contributed by atoms with Crippen molar-refractivity contribution in [2.24, 2.45) is 5.92 Å². The molecule has 0 radical (unpaired) electrons. The van der Waals surface area contributed by atoms with Gasteiger partial charge in [-0.1, -0.05) is 27.2 Å². The quantitative estimate of drug-likeness (QED) is 0.623. The molecule has 62 valence electrons. The van der Waals surface area contributed by atoms with Crippen molar-refractivity contribution in [3.05, 3.63) is 0 Å². The fourth-order valence-electron chi connectivity index (χ4n) is 0.972. The van der Waals surface area contributed by atoms with Gasteiger partial charge in [0.1, 0.15) is 0 Å². The fraction of sp³-hybridized carbons (Fsp3) is 1.00. The Balaban J connectivity index is 3.12. The van der Waals surface area contributed by atoms with Crippen LogP contribution < -0.4 is 5.32 Å². The van der Waals surface area contributed by atoms with E-state index in [4.69, 9.17) is 0 Å². The molecule has 0 heterocycles. The summed E-state index contributed by atoms with van der Waals surface area (Å²) in [4.78, 5) is 0. The van der Waals surface area contributed by atoms with Gasteiger partial charge in [-0.15, -0.1) is 0 Å². The average Bonchev–Trinajstić information content (AvgIpc) is 1.85. The normalized spacial score (nSPS) is 14.1. The number of hydrogen-bond acceptors (Lipinski definition) is 1. The highest BCUT2D eigenvalue weighted by Gasteiger charge is 1.99. The van der Waals surface area contributed by atoms with Gasteiger partial charge in [0.25, 0.3) is 0 Å². The van der Waals surface area contributed by atoms with Gasteiger partial charge in [-0.2, -0.15) is 0 Å². The van der Waals surface area contributed by atoms with E-state index in [2.05, 4.69) is 33.0 Å². The molecule has 0 aromatic heterocycles. The van der Waals surface area contributed by atoms with E-state index in [9.17, 15) is 0 Å². The highest BCUT2D eigenvalue weighted by Crippen LogP contribution is 1.96. The predicted molar refractivity (Wildman–Crippen MR) is 47.2 cm³/mol. The van der Waals surface area contributed by atoms with E-state index in [-0.39, 0.29) is 0 Å². The van der Waals surface area contributed by atoms with Gasteiger partial charge >= 0.3 is 0 Å². The molecule has 0 saturated heterocycles. The van der Waals surface area contributed by atoms with Gasteiger partial charge in [0, 0.05) is 6.04 Å². The van der Waals surface area contributed by atoms with E-state index in [1.165, 1.54) is 12.8 Å². The molecule has 0 amide bonds. The van der Waals surface area contributed by atoms with Crippen LogP contribution in [0.25, 0.3) is 0 Å². The average molecular weight is 143 g/mol. The SMILES string of the molecule is CCCC(C)NCC(C)C. The molecule has 1 atom stereocenters. The van der Waals surface area contributed by atoms with Crippen LogP contribution in [0.1, 0.15) is 40.5 Å². The van der Waals surface area contributed by atoms with Crippen LogP contribution in [0.2, 0.25) is 0 Å². The van der Waals surface area contributed by atoms with Crippen molar-refractivity contribution < 1.29 is 0 Å². The topological polar surface area (TPSA) is 12.0 Å². The van der Waals surface area contributed by atoms with E-state index < -0.39 is 0 Å². The Kier molecular flexibility index (Phi) is 5.70. The van der Waals surface area contributed by atoms with E-state index in [0.29, 0.717) is 6.04 Å². The molecule has 0 aliphatic carbocycles. The Labute approximate surface area is 65.2 Å². The van der Waals surface area contributed by atoms with E-state index >= 15 is 0 Å². The smallest absolute Gasteiger partial charge is 0.00387 e. The molecule has 10 heavy (non-hydrogen) atoms. The van der Waals surface area contributed by atoms with Crippen LogP contribution >= 0.6 is 0 Å². The minimum Gasteiger partial charge on any atom is -0.314 e. The van der Waals surface area contributed by atoms with Crippen molar-refractivity contribution >= 4 is 0 Å². The van der Waals surface area contributed by atoms with Crippen LogP contribution in [-0.2, 0) is 0 Å². The Morgan fingerprint density at radius 1 is 1.20 bits per heavy atom. The zero-order chi connectivity index (χ0) is 7.98. The zero-order valence-electron chi connectivity index (χ0n) is 7.78. The fourth-order valence-corrected chi connectivity index (χ4v) is 0.972. The van der Waals surface area contributed by atoms with E-state index in [1.54, 1.807) is 0 Å². The van der Waals surface area contributed by atoms with Crippen molar-refractivity contribution in [2.45, 2.75) is 46.6 Å². The Bertz CT molecular complexity index is 69.1. The van der Waals surface area contributed by atoms with E-state index in [0.717, 1.165) is 12.5 Å². The summed E-state index contributed by atoms with van der Waals surface area (Å²) >= 11 is 0. The third-order valence-electron chi connectivity index (χ3n) is 1.60. The van der Waals surface area contributed by atoms with Gasteiger partial charge in [-0.05, 0) is 25.8 Å². The second-order valence-electron chi connectivity index (χ2n) is 3.49. The molecule has 0 aliphatic rings. The summed E-state index contributed by atoms with van der Waals surface area (Å²) in [5.74, 6) is 0.777. The van der Waals surface area contributed by atoms with Crippen molar-refractivity contribution in [3.63, 3.8) is 0 Å². The summed E-state index contributed by atoms with van der Waals surface area (Å²) in [5, 5.41) is 3.48. The molecule has 0 aromatic rings. The third-order valence-corrected chi connectivity index (χ3v) is 1.60. The molecule has 0 bridgehead atoms. The van der Waals surface area contributed by atoms with Crippen molar-refractivity contribution in [1.82, 2.24) is 5.32 Å². The van der Waals surface area contributed by atoms with Crippen LogP contribution in [0.4, 0.5) is 0 Å². The molecule has 0 aliphatic heterocycles. The van der Waals surface area contributed by atoms with Crippen LogP contribution in [0, 0.1) is 5.92 Å². The molecule has 1 heteroatoms. The van der Waals surface area contributed by atoms with Gasteiger partial charge in [0.15, 0.2) is 0 Å². The molecule has 1 nitrogen and oxygen atoms in total. The van der Waals surface area contributed by atoms with Crippen molar-refractivity contribution in [2.75, 3.05) is 6.54 Å². The monoisotopic (exact) mass is 143 g/mol. The zero-order valence-corrected chi connectivity index (χ0v) is 7.78. The summed E-state index contributed by atoms with van der Waals surface area (Å²) < 4.78 is 0. The Hall–Kier alpha value is -0.0400. The summed E-state index contributed by atoms with van der Waals surface area (Å²) in [6.07, 6.45) is 2.58. The lowest BCUT2D eigenvalue weighted by Gasteiger charge is -2.13. The standard InChI is InChI=1S/C9H21N/c1-5-6-9(4)10-7-8(2)3/h8-10H,5-7H2,1-4H3. The summed E-state index contributed by atoms with van der Waals surface area (Å²) in [6.45, 7) is 10.1. The number of rotatable bonds is 5. The van der Waals surface area contributed by atoms with Crippen molar-refractivity contribution in [3.8, 4) is 0 Å². The second-order valence-corrected chi connectivity index (χ2v) is 3.49. The predicted octanol–water partition coefficient (Wildman–Crippen LogP) is 2.42. The first-order valence-corrected chi connectivity index (χ1v) is 4.40. The number of hydrogen-bond donors (Lipinski definition) is 1. The lowest BCUT2D eigenvalue weighted by atomic mass is 10.1. The van der Waals surface area contributed by atoms with Crippen LogP contribution in [0.3, 0.4) is 0 Å². The Morgan fingerprint density at radius 3 is 2.20 bits per heavy atom. The van der Waals surface area contributed by atoms with Crippen molar-refractivity contribution in [1.29, 1.82) is 0 Å². The Morgan fingerprint density at radius 2 is 1.80 bits per heavy atom. The lowest BCUT2D eigenvalue weighted by Crippen LogP contribution is -2.29. The van der Waals surface area contributed by atoms with Crippen LogP contribution in [0.5, 0.6) is 0 Å². The molecule has 0 rings (SSSR count). The molecule has 1 N–H and O–H groups in total. The largest absolute Gasteiger partial charge is 0.314 e. The van der Waals surface area contributed by atoms with Gasteiger partial charge in [0.05, 0.1) is 0 Å². The molecular weight excluding hydrogens is 122 g/mol. The molecule has 1 unspecified atom stereocenters. The van der Waals surface area contributed by atoms with Crippen LogP contribution in [0.15, 0.2) is 0 Å². The molecule has 0 aromatic carbocycles. The minimum absolute atomic E-state index is 0.701. The molecule has 0 saturated carbocycles. The maximum absolute atomic E-state index is 3.48. The van der Waals surface area contributed by atoms with Gasteiger partial charge in [-0.3, -0.25) is 0 Å². The van der Waals surface area contributed by atoms with Gasteiger partial charge in [0.2, 0.25) is 0 Å². The first kappa shape index (κ1) is 9.96. The van der Waals surface area contributed by atoms with Gasteiger partial charge < -0.3 is 5.32 Å². The summed E-state index contributed by atoms with van der Waals surface area (Å²) in [7, 11) is 0. The lowest BCUT2D eigenvalue weighted by molar-refractivity contribution is 0.461. The number of nitrogens with one attached hydrogen (secondary N) is 1. The maximum atomic E-state index is 3.48. The highest BCUT2D eigenvalue weighted by molar-refractivity contribution is 4.60. The molecule has 0 fully saturated rings. The summed E-state index contributed by atoms with van der Waals surface area (Å²) in [5.41, 5.74) is 0. The first-order valence-electron chi connectivity index (χ1n) is 4.40. The summed E-state index contributed by atoms with van der Waals surface area (Å²) in [6, 6.07) is 0.701. The highest BCUT2D eigenvalue weighted by atomic mass is 14.9. The van der Waals surface area contributed by atoms with Gasteiger partial charge in [-0.25, -0.2) is 0 Å².